The van der Waals surface area contributed by atoms with Gasteiger partial charge in [-0.15, -0.1) is 10.2 Å². The number of amides is 1. The Morgan fingerprint density at radius 2 is 1.67 bits per heavy atom. The van der Waals surface area contributed by atoms with E-state index < -0.39 is 0 Å². The maximum absolute atomic E-state index is 12.6. The Morgan fingerprint density at radius 3 is 2.30 bits per heavy atom. The number of carbonyl (C=O) groups is 2. The molecule has 174 valence electrons. The normalized spacial score (nSPS) is 10.6. The third-order valence-electron chi connectivity index (χ3n) is 4.91. The molecule has 0 saturated heterocycles. The van der Waals surface area contributed by atoms with Crippen molar-refractivity contribution < 1.29 is 19.1 Å². The van der Waals surface area contributed by atoms with E-state index in [-0.39, 0.29) is 17.4 Å². The average molecular weight is 486 g/mol. The molecule has 0 spiro atoms. The van der Waals surface area contributed by atoms with Gasteiger partial charge >= 0.3 is 0 Å². The van der Waals surface area contributed by atoms with Crippen LogP contribution in [0.5, 0.6) is 11.5 Å². The van der Waals surface area contributed by atoms with Crippen molar-refractivity contribution in [3.63, 3.8) is 0 Å². The number of benzene rings is 2. The number of nitrogens with zero attached hydrogens (tertiary/aromatic N) is 2. The highest BCUT2D eigenvalue weighted by Gasteiger charge is 2.14. The van der Waals surface area contributed by atoms with Crippen LogP contribution in [-0.4, -0.2) is 41.9 Å². The first kappa shape index (κ1) is 24.7. The van der Waals surface area contributed by atoms with Crippen molar-refractivity contribution in [1.82, 2.24) is 10.2 Å². The number of rotatable bonds is 12. The second-order valence-electron chi connectivity index (χ2n) is 7.29. The van der Waals surface area contributed by atoms with E-state index >= 15 is 0 Å². The number of nitrogens with one attached hydrogen (secondary N) is 1. The molecule has 33 heavy (non-hydrogen) atoms. The van der Waals surface area contributed by atoms with Crippen LogP contribution in [0.1, 0.15) is 52.5 Å². The number of aryl methyl sites for hydroxylation is 1. The van der Waals surface area contributed by atoms with Crippen LogP contribution in [0.3, 0.4) is 0 Å². The van der Waals surface area contributed by atoms with E-state index in [1.807, 2.05) is 24.3 Å². The van der Waals surface area contributed by atoms with Crippen LogP contribution in [0.15, 0.2) is 46.8 Å². The van der Waals surface area contributed by atoms with E-state index in [0.29, 0.717) is 32.1 Å². The van der Waals surface area contributed by atoms with Gasteiger partial charge in [-0.2, -0.15) is 0 Å². The Kier molecular flexibility index (Phi) is 9.26. The molecule has 0 aliphatic rings. The van der Waals surface area contributed by atoms with Crippen molar-refractivity contribution in [3.05, 3.63) is 59.2 Å². The first-order valence-corrected chi connectivity index (χ1v) is 12.5. The van der Waals surface area contributed by atoms with E-state index in [4.69, 9.17) is 9.47 Å². The molecule has 3 aromatic rings. The summed E-state index contributed by atoms with van der Waals surface area (Å²) >= 11 is 2.53. The fraction of sp³-hybridized carbons (Fsp3) is 0.333. The Hall–Kier alpha value is -2.91. The highest BCUT2D eigenvalue weighted by molar-refractivity contribution is 8.01. The molecule has 1 amide bonds. The van der Waals surface area contributed by atoms with Crippen LogP contribution in [0.25, 0.3) is 0 Å². The quantitative estimate of drug-likeness (QED) is 0.156. The highest BCUT2D eigenvalue weighted by Crippen LogP contribution is 2.28. The van der Waals surface area contributed by atoms with Gasteiger partial charge < -0.3 is 9.47 Å². The Balaban J connectivity index is 1.53. The molecule has 0 aliphatic heterocycles. The lowest BCUT2D eigenvalue weighted by Crippen LogP contribution is -2.12. The number of anilines is 1. The van der Waals surface area contributed by atoms with Gasteiger partial charge in [0.25, 0.3) is 5.91 Å². The van der Waals surface area contributed by atoms with Crippen molar-refractivity contribution in [2.45, 2.75) is 36.9 Å². The Morgan fingerprint density at radius 1 is 0.970 bits per heavy atom. The van der Waals surface area contributed by atoms with Gasteiger partial charge in [0.2, 0.25) is 5.13 Å². The predicted octanol–water partition coefficient (Wildman–Crippen LogP) is 5.52. The van der Waals surface area contributed by atoms with Crippen LogP contribution in [0.2, 0.25) is 0 Å². The molecule has 1 aromatic heterocycles. The molecule has 0 bridgehead atoms. The Bertz CT molecular complexity index is 1060. The van der Waals surface area contributed by atoms with Crippen molar-refractivity contribution in [2.24, 2.45) is 0 Å². The molecular weight excluding hydrogens is 458 g/mol. The van der Waals surface area contributed by atoms with Gasteiger partial charge in [-0.1, -0.05) is 67.1 Å². The largest absolute Gasteiger partial charge is 0.497 e. The zero-order valence-electron chi connectivity index (χ0n) is 18.9. The van der Waals surface area contributed by atoms with E-state index in [9.17, 15) is 9.59 Å². The lowest BCUT2D eigenvalue weighted by molar-refractivity contribution is 0.101. The topological polar surface area (TPSA) is 90.4 Å². The monoisotopic (exact) mass is 485 g/mol. The van der Waals surface area contributed by atoms with Gasteiger partial charge in [0, 0.05) is 17.2 Å². The van der Waals surface area contributed by atoms with Gasteiger partial charge in [0.15, 0.2) is 10.1 Å². The fourth-order valence-electron chi connectivity index (χ4n) is 3.07. The number of hydrogen-bond acceptors (Lipinski definition) is 8. The average Bonchev–Trinajstić information content (AvgIpc) is 3.29. The molecule has 1 heterocycles. The third-order valence-corrected chi connectivity index (χ3v) is 6.88. The van der Waals surface area contributed by atoms with Crippen molar-refractivity contribution in [1.29, 1.82) is 0 Å². The highest BCUT2D eigenvalue weighted by atomic mass is 32.2. The number of carbonyl (C=O) groups excluding carboxylic acids is 2. The van der Waals surface area contributed by atoms with Gasteiger partial charge in [-0.25, -0.2) is 0 Å². The van der Waals surface area contributed by atoms with Crippen LogP contribution in [0, 0.1) is 0 Å². The maximum Gasteiger partial charge on any atom is 0.257 e. The van der Waals surface area contributed by atoms with E-state index in [1.54, 1.807) is 18.2 Å². The number of aromatic nitrogens is 2. The molecule has 9 heteroatoms. The second kappa shape index (κ2) is 12.4. The number of ether oxygens (including phenoxy) is 2. The molecule has 7 nitrogen and oxygen atoms in total. The van der Waals surface area contributed by atoms with Gasteiger partial charge in [0.1, 0.15) is 11.5 Å². The Labute approximate surface area is 201 Å². The van der Waals surface area contributed by atoms with Gasteiger partial charge in [0.05, 0.1) is 20.0 Å². The van der Waals surface area contributed by atoms with Gasteiger partial charge in [-0.05, 0) is 30.5 Å². The van der Waals surface area contributed by atoms with Crippen LogP contribution in [0.4, 0.5) is 5.13 Å². The lowest BCUT2D eigenvalue weighted by Gasteiger charge is -2.07. The molecule has 0 radical (unpaired) electrons. The van der Waals surface area contributed by atoms with Crippen LogP contribution >= 0.6 is 23.1 Å². The molecule has 0 fully saturated rings. The second-order valence-corrected chi connectivity index (χ2v) is 9.49. The molecule has 0 atom stereocenters. The molecular formula is C24H27N3O4S2. The van der Waals surface area contributed by atoms with Crippen molar-refractivity contribution >= 4 is 39.9 Å². The summed E-state index contributed by atoms with van der Waals surface area (Å²) in [5.74, 6) is 0.964. The summed E-state index contributed by atoms with van der Waals surface area (Å²) in [5, 5.41) is 11.2. The molecule has 0 saturated carbocycles. The van der Waals surface area contributed by atoms with E-state index in [1.165, 1.54) is 62.1 Å². The minimum atomic E-state index is -0.352. The number of ketones is 1. The smallest absolute Gasteiger partial charge is 0.257 e. The first-order valence-electron chi connectivity index (χ1n) is 10.6. The SMILES string of the molecule is CCCCCc1ccc(C(=O)CSc2nnc(NC(=O)c3cc(OC)cc(OC)c3)s2)cc1. The molecule has 1 N–H and O–H groups in total. The number of Topliss-reactive ketones (excluding diaryl/α,β-unsaturated/α-hetero) is 1. The summed E-state index contributed by atoms with van der Waals surface area (Å²) in [6.07, 6.45) is 4.62. The van der Waals surface area contributed by atoms with Crippen molar-refractivity contribution in [3.8, 4) is 11.5 Å². The minimum Gasteiger partial charge on any atom is -0.497 e. The predicted molar refractivity (Wildman–Crippen MR) is 132 cm³/mol. The lowest BCUT2D eigenvalue weighted by atomic mass is 10.0. The number of methoxy groups -OCH3 is 2. The number of thioether (sulfide) groups is 1. The van der Waals surface area contributed by atoms with Gasteiger partial charge in [-0.3, -0.25) is 14.9 Å². The molecule has 0 unspecified atom stereocenters. The summed E-state index contributed by atoms with van der Waals surface area (Å²) in [5.41, 5.74) is 2.32. The zero-order valence-corrected chi connectivity index (χ0v) is 20.6. The van der Waals surface area contributed by atoms with E-state index in [2.05, 4.69) is 22.4 Å². The zero-order chi connectivity index (χ0) is 23.6. The fourth-order valence-corrected chi connectivity index (χ4v) is 4.71. The summed E-state index contributed by atoms with van der Waals surface area (Å²) in [6, 6.07) is 12.7. The first-order chi connectivity index (χ1) is 16.0. The number of unbranched alkanes of at least 4 members (excludes halogenated alkanes) is 2. The summed E-state index contributed by atoms with van der Waals surface area (Å²) in [6.45, 7) is 2.19. The summed E-state index contributed by atoms with van der Waals surface area (Å²) in [7, 11) is 3.04. The maximum atomic E-state index is 12.6. The standard InChI is InChI=1S/C24H27N3O4S2/c1-4-5-6-7-16-8-10-17(11-9-16)21(28)15-32-24-27-26-23(33-24)25-22(29)18-12-19(30-2)14-20(13-18)31-3/h8-14H,4-7,15H2,1-3H3,(H,25,26,29). The molecule has 2 aromatic carbocycles. The third kappa shape index (κ3) is 7.30. The van der Waals surface area contributed by atoms with Crippen LogP contribution in [-0.2, 0) is 6.42 Å². The number of hydrogen-bond donors (Lipinski definition) is 1. The van der Waals surface area contributed by atoms with Crippen LogP contribution < -0.4 is 14.8 Å². The summed E-state index contributed by atoms with van der Waals surface area (Å²) in [4.78, 5) is 25.1. The minimum absolute atomic E-state index is 0.0318. The molecule has 3 rings (SSSR count). The van der Waals surface area contributed by atoms with Crippen molar-refractivity contribution in [2.75, 3.05) is 25.3 Å². The molecule has 0 aliphatic carbocycles. The summed E-state index contributed by atoms with van der Waals surface area (Å²) < 4.78 is 11.0. The van der Waals surface area contributed by atoms with E-state index in [0.717, 1.165) is 6.42 Å².